The summed E-state index contributed by atoms with van der Waals surface area (Å²) in [4.78, 5) is 19.4. The van der Waals surface area contributed by atoms with Gasteiger partial charge in [0.05, 0.1) is 13.7 Å². The second kappa shape index (κ2) is 15.1. The van der Waals surface area contributed by atoms with E-state index in [1.54, 1.807) is 25.3 Å². The van der Waals surface area contributed by atoms with Crippen LogP contribution in [0.1, 0.15) is 41.2 Å². The number of amides is 1. The van der Waals surface area contributed by atoms with Gasteiger partial charge in [-0.25, -0.2) is 4.99 Å². The summed E-state index contributed by atoms with van der Waals surface area (Å²) in [5, 5.41) is 13.0. The molecule has 1 amide bonds. The van der Waals surface area contributed by atoms with E-state index in [4.69, 9.17) is 47.5 Å². The van der Waals surface area contributed by atoms with E-state index in [2.05, 4.69) is 5.32 Å². The fraction of sp³-hybridized carbons (Fsp3) is 0.222. The Balaban J connectivity index is 1.53. The minimum Gasteiger partial charge on any atom is -0.497 e. The molecule has 4 aromatic carbocycles. The zero-order valence-corrected chi connectivity index (χ0v) is 26.3. The molecule has 4 aromatic rings. The third-order valence-corrected chi connectivity index (χ3v) is 7.99. The highest BCUT2D eigenvalue weighted by Crippen LogP contribution is 2.45. The number of ether oxygens (including phenoxy) is 3. The number of nitrogens with one attached hydrogen (secondary N) is 1. The van der Waals surface area contributed by atoms with Crippen molar-refractivity contribution in [3.63, 3.8) is 0 Å². The third-order valence-electron chi connectivity index (χ3n) is 7.43. The average Bonchev–Trinajstić information content (AvgIpc) is 3.45. The van der Waals surface area contributed by atoms with E-state index in [0.717, 1.165) is 16.9 Å². The van der Waals surface area contributed by atoms with Crippen molar-refractivity contribution in [2.45, 2.75) is 31.0 Å². The van der Waals surface area contributed by atoms with Crippen LogP contribution in [-0.4, -0.2) is 42.8 Å². The van der Waals surface area contributed by atoms with Crippen LogP contribution in [0.5, 0.6) is 11.5 Å². The van der Waals surface area contributed by atoms with Crippen molar-refractivity contribution in [1.29, 1.82) is 0 Å². The van der Waals surface area contributed by atoms with Gasteiger partial charge in [0.2, 0.25) is 5.90 Å². The molecule has 1 heterocycles. The lowest BCUT2D eigenvalue weighted by Gasteiger charge is -2.30. The Kier molecular flexibility index (Phi) is 10.8. The van der Waals surface area contributed by atoms with Crippen molar-refractivity contribution in [2.75, 3.05) is 20.3 Å². The number of methoxy groups -OCH3 is 1. The molecule has 2 atom stereocenters. The largest absolute Gasteiger partial charge is 0.497 e. The highest BCUT2D eigenvalue weighted by atomic mass is 35.5. The minimum atomic E-state index is -1.40. The molecule has 2 N–H and O–H groups in total. The van der Waals surface area contributed by atoms with Gasteiger partial charge in [0, 0.05) is 47.2 Å². The van der Waals surface area contributed by atoms with Crippen molar-refractivity contribution in [2.24, 2.45) is 4.99 Å². The maximum atomic E-state index is 14.4. The van der Waals surface area contributed by atoms with Gasteiger partial charge in [-0.1, -0.05) is 83.9 Å². The van der Waals surface area contributed by atoms with Gasteiger partial charge in [-0.2, -0.15) is 0 Å². The number of carbonyl (C=O) groups is 1. The molecular formula is C36H34Cl2N2O5. The molecule has 0 saturated carbocycles. The summed E-state index contributed by atoms with van der Waals surface area (Å²) in [6.07, 6.45) is 3.81. The van der Waals surface area contributed by atoms with Crippen LogP contribution in [0, 0.1) is 0 Å². The minimum absolute atomic E-state index is 0.0543. The first-order chi connectivity index (χ1) is 21.9. The predicted octanol–water partition coefficient (Wildman–Crippen LogP) is 7.44. The molecule has 0 spiro atoms. The molecule has 0 fully saturated rings. The number of benzene rings is 4. The van der Waals surface area contributed by atoms with E-state index in [1.165, 1.54) is 0 Å². The van der Waals surface area contributed by atoms with Gasteiger partial charge >= 0.3 is 0 Å². The molecule has 0 bridgehead atoms. The number of carbonyl (C=O) groups excluding carboxylic acids is 1. The molecular weight excluding hydrogens is 611 g/mol. The third kappa shape index (κ3) is 7.87. The lowest BCUT2D eigenvalue weighted by atomic mass is 9.84. The van der Waals surface area contributed by atoms with E-state index < -0.39 is 11.6 Å². The topological polar surface area (TPSA) is 89.4 Å². The van der Waals surface area contributed by atoms with Crippen LogP contribution in [0.25, 0.3) is 6.08 Å². The smallest absolute Gasteiger partial charge is 0.252 e. The monoisotopic (exact) mass is 644 g/mol. The summed E-state index contributed by atoms with van der Waals surface area (Å²) in [5.74, 6) is 1.37. The summed E-state index contributed by atoms with van der Waals surface area (Å²) >= 11 is 13.0. The normalized spacial score (nSPS) is 17.5. The summed E-state index contributed by atoms with van der Waals surface area (Å²) < 4.78 is 17.5. The first-order valence-corrected chi connectivity index (χ1v) is 15.4. The summed E-state index contributed by atoms with van der Waals surface area (Å²) in [6.45, 7) is 0.729. The van der Waals surface area contributed by atoms with Crippen LogP contribution in [0.15, 0.2) is 108 Å². The van der Waals surface area contributed by atoms with Gasteiger partial charge in [-0.15, -0.1) is 0 Å². The van der Waals surface area contributed by atoms with Crippen LogP contribution in [0.4, 0.5) is 0 Å². The van der Waals surface area contributed by atoms with Gasteiger partial charge in [0.1, 0.15) is 11.5 Å². The first-order valence-electron chi connectivity index (χ1n) is 14.6. The van der Waals surface area contributed by atoms with Gasteiger partial charge in [-0.05, 0) is 59.7 Å². The lowest BCUT2D eigenvalue weighted by Crippen LogP contribution is -2.47. The number of hydrogen-bond donors (Lipinski definition) is 2. The Morgan fingerprint density at radius 2 is 1.73 bits per heavy atom. The Morgan fingerprint density at radius 1 is 1.00 bits per heavy atom. The second-order valence-corrected chi connectivity index (χ2v) is 11.3. The van der Waals surface area contributed by atoms with Crippen LogP contribution < -0.4 is 14.8 Å². The van der Waals surface area contributed by atoms with Crippen LogP contribution >= 0.6 is 23.2 Å². The number of rotatable bonds is 13. The number of nitrogens with zero attached hydrogens (tertiary/aromatic N) is 1. The second-order valence-electron chi connectivity index (χ2n) is 10.5. The van der Waals surface area contributed by atoms with Gasteiger partial charge < -0.3 is 24.6 Å². The Morgan fingerprint density at radius 3 is 2.42 bits per heavy atom. The van der Waals surface area contributed by atoms with Gasteiger partial charge in [-0.3, -0.25) is 4.79 Å². The fourth-order valence-corrected chi connectivity index (χ4v) is 5.53. The molecule has 0 radical (unpaired) electrons. The molecule has 0 saturated heterocycles. The van der Waals surface area contributed by atoms with Crippen LogP contribution in [0.2, 0.25) is 10.0 Å². The molecule has 1 aliphatic heterocycles. The zero-order valence-electron chi connectivity index (χ0n) is 24.8. The highest BCUT2D eigenvalue weighted by Gasteiger charge is 2.53. The average molecular weight is 646 g/mol. The zero-order chi connectivity index (χ0) is 31.6. The number of aliphatic hydroxyl groups excluding tert-OH is 1. The van der Waals surface area contributed by atoms with E-state index >= 15 is 0 Å². The quantitative estimate of drug-likeness (QED) is 0.148. The lowest BCUT2D eigenvalue weighted by molar-refractivity contribution is -0.129. The molecule has 1 aliphatic rings. The highest BCUT2D eigenvalue weighted by molar-refractivity contribution is 6.35. The van der Waals surface area contributed by atoms with E-state index in [1.807, 2.05) is 91.0 Å². The molecule has 9 heteroatoms. The Bertz CT molecular complexity index is 1640. The molecule has 7 nitrogen and oxygen atoms in total. The molecule has 45 heavy (non-hydrogen) atoms. The Labute approximate surface area is 273 Å². The van der Waals surface area contributed by atoms with E-state index in [-0.39, 0.29) is 25.5 Å². The maximum Gasteiger partial charge on any atom is 0.252 e. The summed E-state index contributed by atoms with van der Waals surface area (Å²) in [5.41, 5.74) is 1.77. The SMILES string of the molecule is COc1ccc(CNC(=O)[C@]2(C/C=C/c3ccccc3)N=C(c3ccc(OCCCO)cc3)O[C@@H]2c2ccc(Cl)cc2Cl)cc1. The number of aliphatic hydroxyl groups is 1. The van der Waals surface area contributed by atoms with Gasteiger partial charge in [0.15, 0.2) is 11.6 Å². The van der Waals surface area contributed by atoms with Crippen LogP contribution in [-0.2, 0) is 16.1 Å². The molecule has 0 aromatic heterocycles. The molecule has 0 aliphatic carbocycles. The molecule has 5 rings (SSSR count). The Hall–Kier alpha value is -4.30. The number of hydrogen-bond acceptors (Lipinski definition) is 6. The van der Waals surface area contributed by atoms with Gasteiger partial charge in [0.25, 0.3) is 5.91 Å². The van der Waals surface area contributed by atoms with Crippen LogP contribution in [0.3, 0.4) is 0 Å². The predicted molar refractivity (Wildman–Crippen MR) is 178 cm³/mol. The van der Waals surface area contributed by atoms with Crippen molar-refractivity contribution in [3.8, 4) is 11.5 Å². The van der Waals surface area contributed by atoms with Crippen molar-refractivity contribution in [1.82, 2.24) is 5.32 Å². The van der Waals surface area contributed by atoms with Crippen molar-refractivity contribution in [3.05, 3.63) is 135 Å². The summed E-state index contributed by atoms with van der Waals surface area (Å²) in [7, 11) is 1.61. The summed E-state index contributed by atoms with van der Waals surface area (Å²) in [6, 6.07) is 29.8. The van der Waals surface area contributed by atoms with Crippen molar-refractivity contribution < 1.29 is 24.1 Å². The molecule has 232 valence electrons. The standard InChI is InChI=1S/C36H34Cl2N2O5/c1-43-29-15-10-26(11-16-29)24-39-35(42)36(20-5-9-25-7-3-2-4-8-25)33(31-19-14-28(37)23-32(31)38)45-34(40-36)27-12-17-30(18-13-27)44-22-6-21-41/h2-5,7-19,23,33,41H,6,20-22,24H2,1H3,(H,39,42)/b9-5+/t33-,36-/m1/s1. The number of aliphatic imine (C=N–C) groups is 1. The fourth-order valence-electron chi connectivity index (χ4n) is 5.02. The number of halogens is 2. The maximum absolute atomic E-state index is 14.4. The van der Waals surface area contributed by atoms with Crippen molar-refractivity contribution >= 4 is 41.1 Å². The van der Waals surface area contributed by atoms with E-state index in [9.17, 15) is 4.79 Å². The molecule has 0 unspecified atom stereocenters. The first kappa shape index (κ1) is 32.1. The van der Waals surface area contributed by atoms with E-state index in [0.29, 0.717) is 45.8 Å².